The molecule has 2 heterocycles. The number of fused-ring (bicyclic) bond motifs is 2. The van der Waals surface area contributed by atoms with E-state index < -0.39 is 181 Å². The van der Waals surface area contributed by atoms with Crippen molar-refractivity contribution in [1.82, 2.24) is 73.7 Å². The molecule has 0 bridgehead atoms. The summed E-state index contributed by atoms with van der Waals surface area (Å²) < 4.78 is 0. The molecule has 1 saturated heterocycles. The predicted molar refractivity (Wildman–Crippen MR) is 464 cm³/mol. The molecule has 1 fully saturated rings. The molecule has 9 rings (SSSR count). The second-order valence-corrected chi connectivity index (χ2v) is 33.0. The van der Waals surface area contributed by atoms with E-state index in [1.165, 1.54) is 79.8 Å². The molecule has 33 nitrogen and oxygen atoms in total. The number of carbonyl (C=O) groups excluding carboxylic acids is 14. The highest BCUT2D eigenvalue weighted by atomic mass is 32.2. The molecule has 19 N–H and O–H groups in total. The van der Waals surface area contributed by atoms with Gasteiger partial charge in [0.25, 0.3) is 0 Å². The number of phenolic OH excluding ortho intramolecular Hbond substituents is 3. The number of hydrogen-bond donors (Lipinski definition) is 18. The molecule has 8 aromatic rings. The zero-order chi connectivity index (χ0) is 89.8. The lowest BCUT2D eigenvalue weighted by Crippen LogP contribution is -2.61. The summed E-state index contributed by atoms with van der Waals surface area (Å²) >= 11 is 0.829. The van der Waals surface area contributed by atoms with Crippen LogP contribution in [0.25, 0.3) is 21.7 Å². The minimum absolute atomic E-state index is 0.0489. The van der Waals surface area contributed by atoms with Gasteiger partial charge in [-0.25, -0.2) is 0 Å². The number of primary amides is 1. The molecule has 1 aromatic heterocycles. The molecular formula is C90H109N15O18S. The second-order valence-electron chi connectivity index (χ2n) is 32.0. The molecule has 658 valence electrons. The zero-order valence-electron chi connectivity index (χ0n) is 70.0. The summed E-state index contributed by atoms with van der Waals surface area (Å²) in [6.07, 6.45) is 0.0179. The summed E-state index contributed by atoms with van der Waals surface area (Å²) in [4.78, 5) is 210. The summed E-state index contributed by atoms with van der Waals surface area (Å²) in [5.41, 5.74) is 8.96. The minimum atomic E-state index is -1.83. The molecular weight excluding hydrogens is 1610 g/mol. The Kier molecular flexibility index (Phi) is 34.7. The van der Waals surface area contributed by atoms with Crippen LogP contribution < -0.4 is 69.5 Å². The Hall–Kier alpha value is -13.4. The van der Waals surface area contributed by atoms with Gasteiger partial charge in [-0.15, -0.1) is 11.8 Å². The third kappa shape index (κ3) is 28.4. The summed E-state index contributed by atoms with van der Waals surface area (Å²) in [5.74, 6) is -15.7. The number of thioether (sulfide) groups is 1. The van der Waals surface area contributed by atoms with E-state index in [1.54, 1.807) is 108 Å². The van der Waals surface area contributed by atoms with Gasteiger partial charge in [-0.1, -0.05) is 169 Å². The third-order valence-corrected chi connectivity index (χ3v) is 21.8. The normalized spacial score (nSPS) is 21.8. The first-order valence-corrected chi connectivity index (χ1v) is 42.0. The highest BCUT2D eigenvalue weighted by Crippen LogP contribution is 2.24. The molecule has 0 saturated carbocycles. The van der Waals surface area contributed by atoms with Gasteiger partial charge in [0.05, 0.1) is 25.4 Å². The van der Waals surface area contributed by atoms with Gasteiger partial charge in [0.2, 0.25) is 82.7 Å². The molecule has 0 aliphatic carbocycles. The number of aliphatic hydroxyl groups is 1. The van der Waals surface area contributed by atoms with E-state index in [2.05, 4.69) is 68.8 Å². The topological polar surface area (TPSA) is 509 Å². The Balaban J connectivity index is 1.11. The van der Waals surface area contributed by atoms with Gasteiger partial charge in [-0.2, -0.15) is 0 Å². The molecule has 0 radical (unpaired) electrons. The van der Waals surface area contributed by atoms with Crippen LogP contribution in [0.2, 0.25) is 0 Å². The quantitative estimate of drug-likeness (QED) is 0.0489. The number of nitrogens with one attached hydrogen (secondary N) is 13. The number of H-pyrrole nitrogens is 1. The number of aliphatic hydroxyl groups excluding tert-OH is 1. The molecule has 1 aliphatic rings. The summed E-state index contributed by atoms with van der Waals surface area (Å²) in [5, 5.41) is 76.0. The molecule has 7 aromatic carbocycles. The van der Waals surface area contributed by atoms with Gasteiger partial charge < -0.3 is 99.8 Å². The number of aromatic hydroxyl groups is 3. The highest BCUT2D eigenvalue weighted by Gasteiger charge is 2.40. The van der Waals surface area contributed by atoms with E-state index in [9.17, 15) is 63.6 Å². The van der Waals surface area contributed by atoms with Crippen LogP contribution in [0.5, 0.6) is 17.2 Å². The minimum Gasteiger partial charge on any atom is -0.508 e. The van der Waals surface area contributed by atoms with Crippen LogP contribution >= 0.6 is 11.8 Å². The first kappa shape index (κ1) is 94.5. The zero-order valence-corrected chi connectivity index (χ0v) is 70.8. The number of carbonyl (C=O) groups is 14. The Bertz CT molecular complexity index is 5090. The number of nitrogens with two attached hydrogens (primary N) is 1. The van der Waals surface area contributed by atoms with Crippen LogP contribution in [0.15, 0.2) is 176 Å². The number of phenols is 3. The van der Waals surface area contributed by atoms with Crippen LogP contribution in [0, 0.1) is 17.8 Å². The van der Waals surface area contributed by atoms with Gasteiger partial charge in [0.15, 0.2) is 0 Å². The van der Waals surface area contributed by atoms with E-state index in [1.807, 2.05) is 36.4 Å². The Labute approximate surface area is 721 Å². The maximum atomic E-state index is 15.7. The number of amides is 14. The molecule has 14 amide bonds. The number of rotatable bonds is 21. The van der Waals surface area contributed by atoms with Gasteiger partial charge in [-0.05, 0) is 117 Å². The fourth-order valence-electron chi connectivity index (χ4n) is 14.2. The van der Waals surface area contributed by atoms with E-state index in [4.69, 9.17) is 5.73 Å². The van der Waals surface area contributed by atoms with E-state index in [0.717, 1.165) is 27.4 Å². The highest BCUT2D eigenvalue weighted by molar-refractivity contribution is 8.00. The van der Waals surface area contributed by atoms with E-state index >= 15 is 24.0 Å². The molecule has 34 heteroatoms. The van der Waals surface area contributed by atoms with Crippen molar-refractivity contribution in [3.8, 4) is 17.2 Å². The lowest BCUT2D eigenvalue weighted by Gasteiger charge is -2.33. The number of likely N-dealkylation sites (N-methyl/N-ethyl adjacent to an activating group) is 1. The van der Waals surface area contributed by atoms with Crippen molar-refractivity contribution in [2.75, 3.05) is 38.2 Å². The van der Waals surface area contributed by atoms with Crippen LogP contribution in [0.3, 0.4) is 0 Å². The lowest BCUT2D eigenvalue weighted by molar-refractivity contribution is -0.143. The average Bonchev–Trinajstić information content (AvgIpc) is 1.70. The molecule has 1 aliphatic heterocycles. The smallest absolute Gasteiger partial charge is 0.245 e. The van der Waals surface area contributed by atoms with Crippen molar-refractivity contribution in [2.45, 2.75) is 159 Å². The Morgan fingerprint density at radius 2 is 0.895 bits per heavy atom. The first-order chi connectivity index (χ1) is 59.2. The number of aromatic nitrogens is 1. The van der Waals surface area contributed by atoms with Crippen molar-refractivity contribution < 1.29 is 87.5 Å². The second kappa shape index (κ2) is 45.5. The lowest BCUT2D eigenvalue weighted by atomic mass is 9.98. The Morgan fingerprint density at radius 3 is 1.45 bits per heavy atom. The van der Waals surface area contributed by atoms with Crippen LogP contribution in [-0.2, 0) is 106 Å². The van der Waals surface area contributed by atoms with Crippen molar-refractivity contribution >= 4 is 116 Å². The monoisotopic (exact) mass is 1720 g/mol. The van der Waals surface area contributed by atoms with Crippen LogP contribution in [-0.4, -0.2) is 218 Å². The third-order valence-electron chi connectivity index (χ3n) is 20.8. The Morgan fingerprint density at radius 1 is 0.452 bits per heavy atom. The maximum Gasteiger partial charge on any atom is 0.245 e. The fraction of sp³-hybridized carbons (Fsp3) is 0.378. The first-order valence-electron chi connectivity index (χ1n) is 40.9. The molecule has 11 atom stereocenters. The van der Waals surface area contributed by atoms with Crippen LogP contribution in [0.4, 0.5) is 0 Å². The number of para-hydroxylation sites is 1. The number of hydrogen-bond acceptors (Lipinski definition) is 19. The largest absolute Gasteiger partial charge is 0.508 e. The fourth-order valence-corrected chi connectivity index (χ4v) is 15.1. The van der Waals surface area contributed by atoms with Crippen molar-refractivity contribution in [3.63, 3.8) is 0 Å². The van der Waals surface area contributed by atoms with Crippen molar-refractivity contribution in [1.29, 1.82) is 0 Å². The predicted octanol–water partition coefficient (Wildman–Crippen LogP) is 2.07. The summed E-state index contributed by atoms with van der Waals surface area (Å²) in [7, 11) is 1.32. The van der Waals surface area contributed by atoms with Crippen LogP contribution in [0.1, 0.15) is 87.8 Å². The van der Waals surface area contributed by atoms with Gasteiger partial charge in [0.1, 0.15) is 83.7 Å². The van der Waals surface area contributed by atoms with Gasteiger partial charge in [0, 0.05) is 68.4 Å². The molecule has 0 spiro atoms. The maximum absolute atomic E-state index is 15.7. The number of nitrogens with zero attached hydrogens (tertiary/aromatic N) is 1. The van der Waals surface area contributed by atoms with Crippen molar-refractivity contribution in [2.24, 2.45) is 23.5 Å². The van der Waals surface area contributed by atoms with E-state index in [0.29, 0.717) is 44.3 Å². The molecule has 124 heavy (non-hydrogen) atoms. The number of aromatic amines is 1. The SMILES string of the molecule is CC(C)C[C@@H]1NC(=O)[C@H](Cc2ccc(O)cc2)NC(=O)[C@H](Cc2ccc3ccccc3c2)NC(=O)CSC[C@@H](C(=O)NCC(N)=O)NC(=O)[C@H](CC(C)C)NC(=O)[C@H](Cc2ccccc2)N(C)C(=O)[C@H](Cc2ccc(O)cc2)NC(=O)[C@H](Cc2c[nH]c3ccccc23)NC(=O)CNC(=O)[C@H](CO)NC(=O)[C@H](Cc2ccc(O)cc2)NC(=O)[C@H](C(C)C)NC1=O. The summed E-state index contributed by atoms with van der Waals surface area (Å²) in [6.45, 7) is 7.60. The standard InChI is InChI=1S/C90H109N15O18S/c1-50(2)35-66-82(115)103-74(81(114)93-45-76(91)110)48-124-49-78(112)96-68(41-57-21-28-58-17-11-12-18-59(58)37-57)83(116)98-69(38-54-22-29-61(107)30-23-54)84(117)97-67(36-51(3)4)87(120)104-79(52(5)6)89(122)100-70(39-55-24-31-62(108)32-25-55)85(118)102-73(47-106)80(113)94-46-77(111)95-71(43-60-44-92-65-20-14-13-19-64(60)65)86(119)101-72(40-56-26-33-63(109)34-27-56)90(123)105(7)75(88(121)99-66)42-53-15-9-8-10-16-53/h8-34,37,44,50-52,66-75,79,92,106-109H,35-36,38-43,45-49H2,1-7H3,(H2,91,110)(H,93,114)(H,94,113)(H,95,111)(H,96,112)(H,97,117)(H,98,116)(H,99,121)(H,100,122)(H,101,119)(H,102,118)(H,103,115)(H,104,120)/t66-,67-,68-,69-,70-,71-,72-,73-,74-,75-,79-/m0/s1. The van der Waals surface area contributed by atoms with Gasteiger partial charge in [-0.3, -0.25) is 67.1 Å². The van der Waals surface area contributed by atoms with Crippen molar-refractivity contribution in [3.05, 3.63) is 209 Å². The number of benzene rings is 7. The van der Waals surface area contributed by atoms with E-state index in [-0.39, 0.29) is 86.2 Å². The summed E-state index contributed by atoms with van der Waals surface area (Å²) in [6, 6.07) is 28.4. The average molecular weight is 1720 g/mol. The molecule has 0 unspecified atom stereocenters. The van der Waals surface area contributed by atoms with Gasteiger partial charge >= 0.3 is 0 Å².